The average Bonchev–Trinajstić information content (AvgIpc) is 2.92. The van der Waals surface area contributed by atoms with E-state index >= 15 is 0 Å². The first-order valence-corrected chi connectivity index (χ1v) is 7.48. The number of rotatable bonds is 5. The number of urea groups is 1. The number of hydrogen-bond acceptors (Lipinski definition) is 4. The van der Waals surface area contributed by atoms with Crippen LogP contribution in [-0.2, 0) is 4.74 Å². The van der Waals surface area contributed by atoms with E-state index in [-0.39, 0.29) is 12.1 Å². The van der Waals surface area contributed by atoms with E-state index in [0.29, 0.717) is 12.6 Å². The van der Waals surface area contributed by atoms with Gasteiger partial charge in [-0.3, -0.25) is 4.90 Å². The van der Waals surface area contributed by atoms with Crippen molar-refractivity contribution in [3.8, 4) is 0 Å². The molecule has 2 atom stereocenters. The Hall–Kier alpha value is -1.53. The van der Waals surface area contributed by atoms with Crippen molar-refractivity contribution in [1.82, 2.24) is 15.5 Å². The summed E-state index contributed by atoms with van der Waals surface area (Å²) in [7, 11) is 0. The van der Waals surface area contributed by atoms with Crippen molar-refractivity contribution in [3.63, 3.8) is 0 Å². The van der Waals surface area contributed by atoms with Crippen molar-refractivity contribution in [2.75, 3.05) is 32.8 Å². The molecule has 6 nitrogen and oxygen atoms in total. The molecule has 1 aromatic rings. The highest BCUT2D eigenvalue weighted by atomic mass is 16.5. The van der Waals surface area contributed by atoms with Crippen molar-refractivity contribution >= 4 is 6.03 Å². The molecular weight excluding hydrogens is 270 g/mol. The van der Waals surface area contributed by atoms with E-state index in [2.05, 4.69) is 22.5 Å². The van der Waals surface area contributed by atoms with Gasteiger partial charge in [0, 0.05) is 25.7 Å². The third-order valence-corrected chi connectivity index (χ3v) is 3.76. The van der Waals surface area contributed by atoms with E-state index in [1.54, 1.807) is 0 Å². The van der Waals surface area contributed by atoms with E-state index < -0.39 is 0 Å². The summed E-state index contributed by atoms with van der Waals surface area (Å²) in [6.07, 6.45) is 0. The van der Waals surface area contributed by atoms with Crippen LogP contribution in [0.15, 0.2) is 16.5 Å². The SMILES string of the molecule is Cc1ccc(C(C)NC(=O)NCC(C)N2CCOCC2)o1. The molecule has 2 rings (SSSR count). The third-order valence-electron chi connectivity index (χ3n) is 3.76. The molecule has 0 saturated carbocycles. The second-order valence-electron chi connectivity index (χ2n) is 5.52. The van der Waals surface area contributed by atoms with Crippen LogP contribution in [0.5, 0.6) is 0 Å². The molecule has 21 heavy (non-hydrogen) atoms. The summed E-state index contributed by atoms with van der Waals surface area (Å²) in [6, 6.07) is 3.78. The molecule has 6 heteroatoms. The average molecular weight is 295 g/mol. The second-order valence-corrected chi connectivity index (χ2v) is 5.52. The van der Waals surface area contributed by atoms with Crippen LogP contribution >= 0.6 is 0 Å². The van der Waals surface area contributed by atoms with Crippen molar-refractivity contribution in [2.45, 2.75) is 32.9 Å². The predicted octanol–water partition coefficient (Wildman–Crippen LogP) is 1.67. The fourth-order valence-electron chi connectivity index (χ4n) is 2.39. The van der Waals surface area contributed by atoms with Gasteiger partial charge in [-0.15, -0.1) is 0 Å². The highest BCUT2D eigenvalue weighted by molar-refractivity contribution is 5.74. The van der Waals surface area contributed by atoms with Crippen LogP contribution in [0.25, 0.3) is 0 Å². The van der Waals surface area contributed by atoms with Gasteiger partial charge in [-0.25, -0.2) is 4.79 Å². The first-order chi connectivity index (χ1) is 10.1. The zero-order valence-electron chi connectivity index (χ0n) is 13.0. The minimum atomic E-state index is -0.170. The number of hydrogen-bond donors (Lipinski definition) is 2. The Morgan fingerprint density at radius 3 is 2.67 bits per heavy atom. The number of nitrogens with zero attached hydrogens (tertiary/aromatic N) is 1. The minimum Gasteiger partial charge on any atom is -0.464 e. The number of nitrogens with one attached hydrogen (secondary N) is 2. The smallest absolute Gasteiger partial charge is 0.315 e. The molecule has 1 saturated heterocycles. The molecule has 0 radical (unpaired) electrons. The maximum atomic E-state index is 11.9. The van der Waals surface area contributed by atoms with Crippen LogP contribution in [0.1, 0.15) is 31.4 Å². The normalized spacial score (nSPS) is 19.0. The third kappa shape index (κ3) is 4.75. The lowest BCUT2D eigenvalue weighted by Crippen LogP contribution is -2.49. The fraction of sp³-hybridized carbons (Fsp3) is 0.667. The Balaban J connectivity index is 1.71. The molecule has 0 aromatic carbocycles. The number of amides is 2. The molecule has 1 fully saturated rings. The standard InChI is InChI=1S/C15H25N3O3/c1-11(18-6-8-20-9-7-18)10-16-15(19)17-13(3)14-5-4-12(2)21-14/h4-5,11,13H,6-10H2,1-3H3,(H2,16,17,19). The van der Waals surface area contributed by atoms with Gasteiger partial charge in [-0.05, 0) is 32.9 Å². The molecule has 1 aliphatic rings. The summed E-state index contributed by atoms with van der Waals surface area (Å²) in [5.74, 6) is 1.61. The zero-order valence-corrected chi connectivity index (χ0v) is 13.0. The Kier molecular flexibility index (Phi) is 5.64. The predicted molar refractivity (Wildman–Crippen MR) is 80.2 cm³/mol. The lowest BCUT2D eigenvalue weighted by atomic mass is 10.2. The maximum Gasteiger partial charge on any atom is 0.315 e. The summed E-state index contributed by atoms with van der Waals surface area (Å²) < 4.78 is 10.8. The van der Waals surface area contributed by atoms with Crippen LogP contribution in [0.4, 0.5) is 4.79 Å². The van der Waals surface area contributed by atoms with Gasteiger partial charge in [0.2, 0.25) is 0 Å². The lowest BCUT2D eigenvalue weighted by molar-refractivity contribution is 0.0209. The molecule has 0 spiro atoms. The quantitative estimate of drug-likeness (QED) is 0.867. The monoisotopic (exact) mass is 295 g/mol. The fourth-order valence-corrected chi connectivity index (χ4v) is 2.39. The number of carbonyl (C=O) groups is 1. The topological polar surface area (TPSA) is 66.7 Å². The first kappa shape index (κ1) is 15.9. The van der Waals surface area contributed by atoms with Gasteiger partial charge in [0.05, 0.1) is 19.3 Å². The van der Waals surface area contributed by atoms with Gasteiger partial charge in [-0.2, -0.15) is 0 Å². The molecule has 2 N–H and O–H groups in total. The summed E-state index contributed by atoms with van der Waals surface area (Å²) in [6.45, 7) is 9.92. The van der Waals surface area contributed by atoms with Crippen LogP contribution < -0.4 is 10.6 Å². The van der Waals surface area contributed by atoms with Gasteiger partial charge in [0.1, 0.15) is 11.5 Å². The van der Waals surface area contributed by atoms with Gasteiger partial charge in [0.15, 0.2) is 0 Å². The highest BCUT2D eigenvalue weighted by Gasteiger charge is 2.18. The molecule has 2 unspecified atom stereocenters. The number of carbonyl (C=O) groups excluding carboxylic acids is 1. The van der Waals surface area contributed by atoms with Gasteiger partial charge in [0.25, 0.3) is 0 Å². The van der Waals surface area contributed by atoms with Crippen molar-refractivity contribution in [1.29, 1.82) is 0 Å². The lowest BCUT2D eigenvalue weighted by Gasteiger charge is -2.32. The molecule has 118 valence electrons. The second kappa shape index (κ2) is 7.47. The molecule has 1 aliphatic heterocycles. The van der Waals surface area contributed by atoms with Crippen LogP contribution in [0.2, 0.25) is 0 Å². The Labute approximate surface area is 125 Å². The Morgan fingerprint density at radius 2 is 2.05 bits per heavy atom. The maximum absolute atomic E-state index is 11.9. The van der Waals surface area contributed by atoms with E-state index in [1.165, 1.54) is 0 Å². The minimum absolute atomic E-state index is 0.141. The van der Waals surface area contributed by atoms with Crippen molar-refractivity contribution in [3.05, 3.63) is 23.7 Å². The number of furan rings is 1. The van der Waals surface area contributed by atoms with Gasteiger partial charge >= 0.3 is 6.03 Å². The van der Waals surface area contributed by atoms with Crippen molar-refractivity contribution in [2.24, 2.45) is 0 Å². The molecular formula is C15H25N3O3. The number of ether oxygens (including phenoxy) is 1. The summed E-state index contributed by atoms with van der Waals surface area (Å²) >= 11 is 0. The van der Waals surface area contributed by atoms with Crippen LogP contribution in [0.3, 0.4) is 0 Å². The summed E-state index contributed by atoms with van der Waals surface area (Å²) in [5.41, 5.74) is 0. The van der Waals surface area contributed by atoms with E-state index in [4.69, 9.17) is 9.15 Å². The molecule has 0 bridgehead atoms. The highest BCUT2D eigenvalue weighted by Crippen LogP contribution is 2.15. The summed E-state index contributed by atoms with van der Waals surface area (Å²) in [5, 5.41) is 5.79. The molecule has 2 amide bonds. The largest absolute Gasteiger partial charge is 0.464 e. The number of aryl methyl sites for hydroxylation is 1. The number of morpholine rings is 1. The van der Waals surface area contributed by atoms with Crippen LogP contribution in [0, 0.1) is 6.92 Å². The Bertz CT molecular complexity index is 455. The van der Waals surface area contributed by atoms with Gasteiger partial charge in [-0.1, -0.05) is 0 Å². The van der Waals surface area contributed by atoms with E-state index in [0.717, 1.165) is 37.8 Å². The molecule has 2 heterocycles. The molecule has 0 aliphatic carbocycles. The van der Waals surface area contributed by atoms with E-state index in [1.807, 2.05) is 26.0 Å². The Morgan fingerprint density at radius 1 is 1.33 bits per heavy atom. The zero-order chi connectivity index (χ0) is 15.2. The van der Waals surface area contributed by atoms with Crippen molar-refractivity contribution < 1.29 is 13.9 Å². The summed E-state index contributed by atoms with van der Waals surface area (Å²) in [4.78, 5) is 14.2. The van der Waals surface area contributed by atoms with E-state index in [9.17, 15) is 4.79 Å². The van der Waals surface area contributed by atoms with Gasteiger partial charge < -0.3 is 19.8 Å². The van der Waals surface area contributed by atoms with Crippen LogP contribution in [-0.4, -0.2) is 49.8 Å². The molecule has 1 aromatic heterocycles. The first-order valence-electron chi connectivity index (χ1n) is 7.48.